The molecule has 0 radical (unpaired) electrons. The van der Waals surface area contributed by atoms with E-state index in [0.29, 0.717) is 13.0 Å². The molecule has 2 rings (SSSR count). The van der Waals surface area contributed by atoms with Crippen LogP contribution in [0.1, 0.15) is 149 Å². The van der Waals surface area contributed by atoms with Gasteiger partial charge < -0.3 is 64.2 Å². The van der Waals surface area contributed by atoms with Crippen LogP contribution in [0.3, 0.4) is 0 Å². The van der Waals surface area contributed by atoms with E-state index in [1.807, 2.05) is 0 Å². The highest BCUT2D eigenvalue weighted by Crippen LogP contribution is 2.26. The first-order chi connectivity index (χ1) is 32.1. The van der Waals surface area contributed by atoms with Gasteiger partial charge in [0.1, 0.15) is 54.9 Å². The van der Waals surface area contributed by atoms with E-state index in [9.17, 15) is 40.5 Å². The molecule has 0 amide bonds. The lowest BCUT2D eigenvalue weighted by Gasteiger charge is -2.42. The second kappa shape index (κ2) is 39.3. The number of esters is 1. The Labute approximate surface area is 396 Å². The molecular weight excluding hydrogens is 849 g/mol. The minimum Gasteiger partial charge on any atom is -0.457 e. The van der Waals surface area contributed by atoms with Crippen LogP contribution in [0.2, 0.25) is 0 Å². The van der Waals surface area contributed by atoms with E-state index in [-0.39, 0.29) is 19.6 Å². The molecule has 0 aromatic carbocycles. The maximum Gasteiger partial charge on any atom is 0.306 e. The van der Waals surface area contributed by atoms with E-state index in [2.05, 4.69) is 86.8 Å². The molecule has 7 N–H and O–H groups in total. The van der Waals surface area contributed by atoms with E-state index in [4.69, 9.17) is 28.4 Å². The molecule has 2 saturated heterocycles. The maximum absolute atomic E-state index is 13.0. The maximum atomic E-state index is 13.0. The average molecular weight is 937 g/mol. The van der Waals surface area contributed by atoms with Crippen molar-refractivity contribution in [3.63, 3.8) is 0 Å². The van der Waals surface area contributed by atoms with Gasteiger partial charge in [0, 0.05) is 13.0 Å². The van der Waals surface area contributed by atoms with Gasteiger partial charge in [-0.1, -0.05) is 132 Å². The lowest BCUT2D eigenvalue weighted by Crippen LogP contribution is -2.61. The zero-order valence-electron chi connectivity index (χ0n) is 40.2. The van der Waals surface area contributed by atoms with Crippen molar-refractivity contribution in [2.75, 3.05) is 33.0 Å². The van der Waals surface area contributed by atoms with Crippen LogP contribution in [0.25, 0.3) is 0 Å². The predicted molar refractivity (Wildman–Crippen MR) is 256 cm³/mol. The Hall–Kier alpha value is -2.57. The first-order valence-corrected chi connectivity index (χ1v) is 25.0. The quantitative estimate of drug-likeness (QED) is 0.0187. The van der Waals surface area contributed by atoms with Gasteiger partial charge in [-0.2, -0.15) is 0 Å². The first-order valence-electron chi connectivity index (χ1n) is 25.0. The van der Waals surface area contributed by atoms with E-state index in [1.165, 1.54) is 44.9 Å². The van der Waals surface area contributed by atoms with Crippen LogP contribution in [0.15, 0.2) is 72.9 Å². The molecular formula is C52H88O14. The van der Waals surface area contributed by atoms with Crippen LogP contribution in [0, 0.1) is 0 Å². The van der Waals surface area contributed by atoms with Crippen LogP contribution in [0.4, 0.5) is 0 Å². The zero-order valence-corrected chi connectivity index (χ0v) is 40.2. The van der Waals surface area contributed by atoms with Crippen molar-refractivity contribution in [2.45, 2.75) is 216 Å². The van der Waals surface area contributed by atoms with Crippen LogP contribution in [-0.2, 0) is 33.2 Å². The van der Waals surface area contributed by atoms with Crippen LogP contribution in [0.5, 0.6) is 0 Å². The monoisotopic (exact) mass is 937 g/mol. The molecule has 66 heavy (non-hydrogen) atoms. The fourth-order valence-corrected chi connectivity index (χ4v) is 7.36. The summed E-state index contributed by atoms with van der Waals surface area (Å²) in [5.74, 6) is -0.413. The van der Waals surface area contributed by atoms with Gasteiger partial charge in [-0.3, -0.25) is 4.79 Å². The number of aliphatic hydroxyl groups is 7. The van der Waals surface area contributed by atoms with Gasteiger partial charge in [-0.15, -0.1) is 0 Å². The number of carbonyl (C=O) groups excluding carboxylic acids is 1. The number of carbonyl (C=O) groups is 1. The van der Waals surface area contributed by atoms with Gasteiger partial charge in [0.25, 0.3) is 0 Å². The number of unbranched alkanes of at least 4 members (excludes halogenated alkanes) is 12. The summed E-state index contributed by atoms with van der Waals surface area (Å²) in [6.45, 7) is 3.47. The molecule has 11 unspecified atom stereocenters. The summed E-state index contributed by atoms with van der Waals surface area (Å²) < 4.78 is 34.2. The van der Waals surface area contributed by atoms with Gasteiger partial charge in [-0.25, -0.2) is 0 Å². The number of aliphatic hydroxyl groups excluding tert-OH is 7. The van der Waals surface area contributed by atoms with Crippen molar-refractivity contribution in [1.29, 1.82) is 0 Å². The van der Waals surface area contributed by atoms with Crippen molar-refractivity contribution in [2.24, 2.45) is 0 Å². The average Bonchev–Trinajstić information content (AvgIpc) is 3.31. The standard InChI is InChI=1S/C52H88O14/c1-3-5-7-9-11-13-15-17-18-19-20-21-22-23-25-27-29-31-33-35-44(54)64-41(38-61-36-34-32-30-28-26-24-16-14-12-10-8-6-4-2)39-62-51-50(60)48(58)46(56)43(66-51)40-63-52-49(59)47(57)45(55)42(37-53)65-52/h5,7,11-14,17-18,20-21,23,25,41-43,45-53,55-60H,3-4,6,8-10,15-16,19,22,24,26-40H2,1-2H3/b7-5-,13-11-,14-12-,18-17-,21-20-,25-23-. The lowest BCUT2D eigenvalue weighted by molar-refractivity contribution is -0.332. The number of hydrogen-bond donors (Lipinski definition) is 7. The van der Waals surface area contributed by atoms with Crippen molar-refractivity contribution in [3.05, 3.63) is 72.9 Å². The summed E-state index contributed by atoms with van der Waals surface area (Å²) in [7, 11) is 0. The van der Waals surface area contributed by atoms with Gasteiger partial charge in [-0.05, 0) is 83.5 Å². The fraction of sp³-hybridized carbons (Fsp3) is 0.750. The van der Waals surface area contributed by atoms with Crippen molar-refractivity contribution in [3.8, 4) is 0 Å². The van der Waals surface area contributed by atoms with Gasteiger partial charge >= 0.3 is 5.97 Å². The molecule has 2 aliphatic rings. The highest BCUT2D eigenvalue weighted by Gasteiger charge is 2.47. The van der Waals surface area contributed by atoms with Crippen LogP contribution in [-0.4, -0.2) is 142 Å². The number of hydrogen-bond acceptors (Lipinski definition) is 14. The third-order valence-corrected chi connectivity index (χ3v) is 11.4. The molecule has 380 valence electrons. The molecule has 2 heterocycles. The highest BCUT2D eigenvalue weighted by molar-refractivity contribution is 5.69. The molecule has 0 spiro atoms. The van der Waals surface area contributed by atoms with Crippen molar-refractivity contribution < 1.29 is 69.0 Å². The second-order valence-electron chi connectivity index (χ2n) is 17.3. The first kappa shape index (κ1) is 59.6. The fourth-order valence-electron chi connectivity index (χ4n) is 7.36. The van der Waals surface area contributed by atoms with Crippen LogP contribution >= 0.6 is 0 Å². The summed E-state index contributed by atoms with van der Waals surface area (Å²) in [6, 6.07) is 0. The summed E-state index contributed by atoms with van der Waals surface area (Å²) >= 11 is 0. The summed E-state index contributed by atoms with van der Waals surface area (Å²) in [6.07, 6.45) is 31.0. The minimum absolute atomic E-state index is 0.0397. The zero-order chi connectivity index (χ0) is 48.0. The minimum atomic E-state index is -1.72. The SMILES string of the molecule is CC/C=C\C/C=C\C/C=C\C/C=C\C/C=C\CCCCCC(=O)OC(COCCCCCCCC/C=C\CCCCC)COC1OC(COC2OC(CO)C(O)C(O)C2O)C(O)C(O)C1O. The molecule has 14 heteroatoms. The molecule has 0 aromatic rings. The number of allylic oxidation sites excluding steroid dienone is 12. The highest BCUT2D eigenvalue weighted by atomic mass is 16.7. The normalized spacial score (nSPS) is 26.9. The molecule has 0 bridgehead atoms. The van der Waals surface area contributed by atoms with Gasteiger partial charge in [0.15, 0.2) is 12.6 Å². The Morgan fingerprint density at radius 1 is 0.515 bits per heavy atom. The lowest BCUT2D eigenvalue weighted by atomic mass is 9.98. The van der Waals surface area contributed by atoms with E-state index in [0.717, 1.165) is 77.0 Å². The summed E-state index contributed by atoms with van der Waals surface area (Å²) in [5.41, 5.74) is 0. The van der Waals surface area contributed by atoms with Gasteiger partial charge in [0.2, 0.25) is 0 Å². The van der Waals surface area contributed by atoms with Crippen molar-refractivity contribution in [1.82, 2.24) is 0 Å². The molecule has 0 saturated carbocycles. The largest absolute Gasteiger partial charge is 0.457 e. The smallest absolute Gasteiger partial charge is 0.306 e. The third kappa shape index (κ3) is 26.8. The van der Waals surface area contributed by atoms with Crippen molar-refractivity contribution >= 4 is 5.97 Å². The number of rotatable bonds is 38. The Morgan fingerprint density at radius 2 is 0.985 bits per heavy atom. The second-order valence-corrected chi connectivity index (χ2v) is 17.3. The Bertz CT molecular complexity index is 1360. The van der Waals surface area contributed by atoms with Gasteiger partial charge in [0.05, 0.1) is 26.4 Å². The Kier molecular flexibility index (Phi) is 35.5. The molecule has 2 fully saturated rings. The Balaban J connectivity index is 1.80. The van der Waals surface area contributed by atoms with E-state index in [1.54, 1.807) is 0 Å². The molecule has 0 aromatic heterocycles. The Morgan fingerprint density at radius 3 is 1.56 bits per heavy atom. The van der Waals surface area contributed by atoms with E-state index < -0.39 is 86.7 Å². The molecule has 2 aliphatic heterocycles. The van der Waals surface area contributed by atoms with Crippen LogP contribution < -0.4 is 0 Å². The molecule has 0 aliphatic carbocycles. The summed E-state index contributed by atoms with van der Waals surface area (Å²) in [4.78, 5) is 13.0. The predicted octanol–water partition coefficient (Wildman–Crippen LogP) is 7.12. The molecule has 11 atom stereocenters. The molecule has 14 nitrogen and oxygen atoms in total. The van der Waals surface area contributed by atoms with E-state index >= 15 is 0 Å². The topological polar surface area (TPSA) is 214 Å². The summed E-state index contributed by atoms with van der Waals surface area (Å²) in [5, 5.41) is 72.1. The third-order valence-electron chi connectivity index (χ3n) is 11.4. The number of ether oxygens (including phenoxy) is 6.